The predicted octanol–water partition coefficient (Wildman–Crippen LogP) is 6.22. The van der Waals surface area contributed by atoms with Gasteiger partial charge in [-0.05, 0) is 36.4 Å². The maximum absolute atomic E-state index is 11.4. The minimum Gasteiger partial charge on any atom is -0.310 e. The van der Waals surface area contributed by atoms with Crippen LogP contribution < -0.4 is 4.90 Å². The highest BCUT2D eigenvalue weighted by atomic mass is 16.6. The molecule has 4 aromatic carbocycles. The van der Waals surface area contributed by atoms with Gasteiger partial charge in [-0.2, -0.15) is 0 Å². The Kier molecular flexibility index (Phi) is 4.07. The molecule has 0 aliphatic carbocycles. The fourth-order valence-electron chi connectivity index (χ4n) is 3.20. The molecule has 0 aliphatic rings. The topological polar surface area (TPSA) is 46.4 Å². The predicted molar refractivity (Wildman–Crippen MR) is 105 cm³/mol. The Morgan fingerprint density at radius 3 is 1.65 bits per heavy atom. The highest BCUT2D eigenvalue weighted by Gasteiger charge is 2.19. The van der Waals surface area contributed by atoms with Crippen LogP contribution in [0.5, 0.6) is 0 Å². The summed E-state index contributed by atoms with van der Waals surface area (Å²) in [4.78, 5) is 13.2. The van der Waals surface area contributed by atoms with Gasteiger partial charge in [0.05, 0.1) is 16.0 Å². The molecule has 4 rings (SSSR count). The molecule has 0 spiro atoms. The summed E-state index contributed by atoms with van der Waals surface area (Å²) in [6.07, 6.45) is 0. The second-order valence-corrected chi connectivity index (χ2v) is 5.91. The Morgan fingerprint density at radius 1 is 0.615 bits per heavy atom. The SMILES string of the molecule is O=[N+]([O-])c1ccc(N(c2ccccc2)c2ccccc2)c2ccccc12. The third kappa shape index (κ3) is 2.78. The van der Waals surface area contributed by atoms with Crippen molar-refractivity contribution in [1.82, 2.24) is 0 Å². The Bertz CT molecular complexity index is 1020. The molecule has 4 nitrogen and oxygen atoms in total. The van der Waals surface area contributed by atoms with E-state index in [0.717, 1.165) is 22.4 Å². The van der Waals surface area contributed by atoms with Gasteiger partial charge in [-0.3, -0.25) is 10.1 Å². The summed E-state index contributed by atoms with van der Waals surface area (Å²) in [6.45, 7) is 0. The lowest BCUT2D eigenvalue weighted by atomic mass is 10.0. The van der Waals surface area contributed by atoms with Gasteiger partial charge in [-0.15, -0.1) is 0 Å². The van der Waals surface area contributed by atoms with E-state index in [1.807, 2.05) is 84.9 Å². The van der Waals surface area contributed by atoms with Crippen LogP contribution in [0.3, 0.4) is 0 Å². The lowest BCUT2D eigenvalue weighted by Crippen LogP contribution is -2.10. The van der Waals surface area contributed by atoms with E-state index in [0.29, 0.717) is 5.39 Å². The smallest absolute Gasteiger partial charge is 0.277 e. The quantitative estimate of drug-likeness (QED) is 0.327. The van der Waals surface area contributed by atoms with Gasteiger partial charge in [0.15, 0.2) is 0 Å². The highest BCUT2D eigenvalue weighted by Crippen LogP contribution is 2.40. The molecular weight excluding hydrogens is 324 g/mol. The summed E-state index contributed by atoms with van der Waals surface area (Å²) < 4.78 is 0. The zero-order chi connectivity index (χ0) is 17.9. The summed E-state index contributed by atoms with van der Waals surface area (Å²) in [6, 6.07) is 30.9. The van der Waals surface area contributed by atoms with Gasteiger partial charge in [-0.25, -0.2) is 0 Å². The number of benzene rings is 4. The Labute approximate surface area is 151 Å². The summed E-state index contributed by atoms with van der Waals surface area (Å²) in [5, 5.41) is 12.9. The minimum atomic E-state index is -0.332. The van der Waals surface area contributed by atoms with Gasteiger partial charge < -0.3 is 4.90 Å². The molecule has 0 amide bonds. The lowest BCUT2D eigenvalue weighted by molar-refractivity contribution is -0.383. The Balaban J connectivity index is 2.01. The number of rotatable bonds is 4. The molecule has 0 fully saturated rings. The Hall–Kier alpha value is -3.66. The number of nitro groups is 1. The molecule has 0 heterocycles. The van der Waals surface area contributed by atoms with Crippen LogP contribution in [0, 0.1) is 10.1 Å². The molecule has 0 aliphatic heterocycles. The van der Waals surface area contributed by atoms with E-state index in [4.69, 9.17) is 0 Å². The fraction of sp³-hybridized carbons (Fsp3) is 0. The first-order valence-corrected chi connectivity index (χ1v) is 8.32. The first kappa shape index (κ1) is 15.8. The van der Waals surface area contributed by atoms with Gasteiger partial charge in [0, 0.05) is 22.8 Å². The molecule has 0 saturated carbocycles. The number of fused-ring (bicyclic) bond motifs is 1. The number of nitro benzene ring substituents is 1. The van der Waals surface area contributed by atoms with Crippen LogP contribution in [0.1, 0.15) is 0 Å². The second-order valence-electron chi connectivity index (χ2n) is 5.91. The van der Waals surface area contributed by atoms with Gasteiger partial charge in [0.25, 0.3) is 5.69 Å². The molecule has 0 radical (unpaired) electrons. The van der Waals surface area contributed by atoms with Gasteiger partial charge in [-0.1, -0.05) is 54.6 Å². The normalized spacial score (nSPS) is 10.6. The van der Waals surface area contributed by atoms with E-state index in [2.05, 4.69) is 4.90 Å². The molecule has 0 saturated heterocycles. The monoisotopic (exact) mass is 340 g/mol. The molecule has 0 bridgehead atoms. The number of anilines is 3. The third-order valence-electron chi connectivity index (χ3n) is 4.34. The molecule has 0 N–H and O–H groups in total. The Morgan fingerprint density at radius 2 is 1.12 bits per heavy atom. The van der Waals surface area contributed by atoms with Crippen molar-refractivity contribution >= 4 is 33.5 Å². The van der Waals surface area contributed by atoms with Crippen LogP contribution in [0.4, 0.5) is 22.7 Å². The molecule has 0 atom stereocenters. The van der Waals surface area contributed by atoms with Crippen molar-refractivity contribution in [3.8, 4) is 0 Å². The van der Waals surface area contributed by atoms with Crippen molar-refractivity contribution in [3.05, 3.63) is 107 Å². The van der Waals surface area contributed by atoms with Crippen LogP contribution in [-0.4, -0.2) is 4.92 Å². The van der Waals surface area contributed by atoms with Crippen molar-refractivity contribution in [2.24, 2.45) is 0 Å². The lowest BCUT2D eigenvalue weighted by Gasteiger charge is -2.26. The largest absolute Gasteiger partial charge is 0.310 e. The van der Waals surface area contributed by atoms with Crippen molar-refractivity contribution in [2.75, 3.05) is 4.90 Å². The van der Waals surface area contributed by atoms with Crippen molar-refractivity contribution in [3.63, 3.8) is 0 Å². The van der Waals surface area contributed by atoms with Crippen molar-refractivity contribution in [1.29, 1.82) is 0 Å². The second kappa shape index (κ2) is 6.69. The number of hydrogen-bond donors (Lipinski definition) is 0. The van der Waals surface area contributed by atoms with Crippen molar-refractivity contribution < 1.29 is 4.92 Å². The first-order chi connectivity index (χ1) is 12.8. The van der Waals surface area contributed by atoms with E-state index in [1.165, 1.54) is 0 Å². The van der Waals surface area contributed by atoms with Crippen LogP contribution in [0.2, 0.25) is 0 Å². The third-order valence-corrected chi connectivity index (χ3v) is 4.34. The molecule has 4 aromatic rings. The zero-order valence-corrected chi connectivity index (χ0v) is 13.9. The molecule has 126 valence electrons. The fourth-order valence-corrected chi connectivity index (χ4v) is 3.20. The average molecular weight is 340 g/mol. The zero-order valence-electron chi connectivity index (χ0n) is 13.9. The maximum atomic E-state index is 11.4. The molecular formula is C22H16N2O2. The average Bonchev–Trinajstić information content (AvgIpc) is 2.70. The van der Waals surface area contributed by atoms with E-state index in [1.54, 1.807) is 12.1 Å². The van der Waals surface area contributed by atoms with E-state index in [9.17, 15) is 10.1 Å². The van der Waals surface area contributed by atoms with Gasteiger partial charge >= 0.3 is 0 Å². The first-order valence-electron chi connectivity index (χ1n) is 8.32. The van der Waals surface area contributed by atoms with Crippen LogP contribution in [0.25, 0.3) is 10.8 Å². The van der Waals surface area contributed by atoms with Gasteiger partial charge in [0.2, 0.25) is 0 Å². The van der Waals surface area contributed by atoms with Crippen LogP contribution in [-0.2, 0) is 0 Å². The van der Waals surface area contributed by atoms with E-state index in [-0.39, 0.29) is 10.6 Å². The summed E-state index contributed by atoms with van der Waals surface area (Å²) >= 11 is 0. The molecule has 26 heavy (non-hydrogen) atoms. The standard InChI is InChI=1S/C22H16N2O2/c25-24(26)22-16-15-21(19-13-7-8-14-20(19)22)23(17-9-3-1-4-10-17)18-11-5-2-6-12-18/h1-16H. The molecule has 4 heteroatoms. The highest BCUT2D eigenvalue weighted by molar-refractivity contribution is 6.03. The molecule has 0 unspecified atom stereocenters. The van der Waals surface area contributed by atoms with Crippen LogP contribution in [0.15, 0.2) is 97.1 Å². The summed E-state index contributed by atoms with van der Waals surface area (Å²) in [7, 11) is 0. The minimum absolute atomic E-state index is 0.116. The van der Waals surface area contributed by atoms with Crippen LogP contribution >= 0.6 is 0 Å². The number of non-ortho nitro benzene ring substituents is 1. The van der Waals surface area contributed by atoms with E-state index < -0.39 is 0 Å². The van der Waals surface area contributed by atoms with E-state index >= 15 is 0 Å². The number of hydrogen-bond acceptors (Lipinski definition) is 3. The summed E-state index contributed by atoms with van der Waals surface area (Å²) in [5.41, 5.74) is 3.02. The summed E-state index contributed by atoms with van der Waals surface area (Å²) in [5.74, 6) is 0. The number of nitrogens with zero attached hydrogens (tertiary/aromatic N) is 2. The van der Waals surface area contributed by atoms with Gasteiger partial charge in [0.1, 0.15) is 0 Å². The van der Waals surface area contributed by atoms with Crippen molar-refractivity contribution in [2.45, 2.75) is 0 Å². The number of para-hydroxylation sites is 2. The molecule has 0 aromatic heterocycles. The maximum Gasteiger partial charge on any atom is 0.277 e.